The second-order valence-electron chi connectivity index (χ2n) is 3.99. The number of nitrogens with one attached hydrogen (secondary N) is 1. The Hall–Kier alpha value is -1.95. The van der Waals surface area contributed by atoms with Gasteiger partial charge in [-0.3, -0.25) is 4.79 Å². The van der Waals surface area contributed by atoms with Crippen LogP contribution in [0.5, 0.6) is 17.2 Å². The molecular weight excluding hydrogens is 248 g/mol. The van der Waals surface area contributed by atoms with Gasteiger partial charge in [-0.1, -0.05) is 0 Å². The van der Waals surface area contributed by atoms with Crippen LogP contribution in [0.25, 0.3) is 0 Å². The van der Waals surface area contributed by atoms with Gasteiger partial charge < -0.3 is 25.3 Å². The van der Waals surface area contributed by atoms with Crippen LogP contribution in [0.2, 0.25) is 0 Å². The van der Waals surface area contributed by atoms with Crippen LogP contribution >= 0.6 is 0 Å². The molecule has 0 aliphatic rings. The monoisotopic (exact) mass is 268 g/mol. The molecule has 0 fully saturated rings. The summed E-state index contributed by atoms with van der Waals surface area (Å²) in [6.45, 7) is 2.19. The fourth-order valence-corrected chi connectivity index (χ4v) is 1.64. The highest BCUT2D eigenvalue weighted by atomic mass is 16.5. The molecule has 0 saturated carbocycles. The molecule has 0 aliphatic carbocycles. The molecule has 0 aliphatic heterocycles. The summed E-state index contributed by atoms with van der Waals surface area (Å²) in [5.41, 5.74) is 5.86. The number of hydrogen-bond acceptors (Lipinski definition) is 5. The summed E-state index contributed by atoms with van der Waals surface area (Å²) < 4.78 is 15.6. The van der Waals surface area contributed by atoms with Crippen LogP contribution in [0.1, 0.15) is 17.3 Å². The molecule has 6 nitrogen and oxygen atoms in total. The molecule has 1 aromatic rings. The summed E-state index contributed by atoms with van der Waals surface area (Å²) in [4.78, 5) is 12.1. The Morgan fingerprint density at radius 3 is 2.32 bits per heavy atom. The van der Waals surface area contributed by atoms with Gasteiger partial charge in [-0.15, -0.1) is 0 Å². The summed E-state index contributed by atoms with van der Waals surface area (Å²) in [6, 6.07) is 3.16. The predicted octanol–water partition coefficient (Wildman–Crippen LogP) is 0.789. The third-order valence-corrected chi connectivity index (χ3v) is 2.68. The van der Waals surface area contributed by atoms with E-state index in [4.69, 9.17) is 19.9 Å². The maximum absolute atomic E-state index is 12.1. The molecule has 19 heavy (non-hydrogen) atoms. The summed E-state index contributed by atoms with van der Waals surface area (Å²) in [6.07, 6.45) is 0. The summed E-state index contributed by atoms with van der Waals surface area (Å²) in [5, 5.41) is 2.77. The van der Waals surface area contributed by atoms with Crippen molar-refractivity contribution in [3.63, 3.8) is 0 Å². The number of hydrogen-bond donors (Lipinski definition) is 2. The highest BCUT2D eigenvalue weighted by Crippen LogP contribution is 2.39. The molecule has 1 atom stereocenters. The lowest BCUT2D eigenvalue weighted by Gasteiger charge is -2.17. The van der Waals surface area contributed by atoms with Gasteiger partial charge in [0.2, 0.25) is 5.75 Å². The van der Waals surface area contributed by atoms with Crippen LogP contribution in [0.4, 0.5) is 0 Å². The lowest BCUT2D eigenvalue weighted by molar-refractivity contribution is 0.0937. The molecule has 3 N–H and O–H groups in total. The average molecular weight is 268 g/mol. The normalized spacial score (nSPS) is 11.6. The van der Waals surface area contributed by atoms with E-state index in [1.165, 1.54) is 21.3 Å². The summed E-state index contributed by atoms with van der Waals surface area (Å²) >= 11 is 0. The zero-order valence-electron chi connectivity index (χ0n) is 11.6. The number of methoxy groups -OCH3 is 3. The quantitative estimate of drug-likeness (QED) is 0.797. The van der Waals surface area contributed by atoms with Crippen LogP contribution < -0.4 is 25.3 Å². The Morgan fingerprint density at radius 2 is 1.84 bits per heavy atom. The number of carbonyl (C=O) groups is 1. The number of benzene rings is 1. The topological polar surface area (TPSA) is 82.8 Å². The maximum Gasteiger partial charge on any atom is 0.255 e. The molecule has 1 rings (SSSR count). The van der Waals surface area contributed by atoms with E-state index in [9.17, 15) is 4.79 Å². The first-order chi connectivity index (χ1) is 9.08. The third kappa shape index (κ3) is 3.29. The van der Waals surface area contributed by atoms with Gasteiger partial charge in [0, 0.05) is 12.6 Å². The lowest BCUT2D eigenvalue weighted by atomic mass is 10.1. The second-order valence-corrected chi connectivity index (χ2v) is 3.99. The van der Waals surface area contributed by atoms with Crippen molar-refractivity contribution >= 4 is 5.91 Å². The highest BCUT2D eigenvalue weighted by Gasteiger charge is 2.21. The van der Waals surface area contributed by atoms with E-state index in [1.807, 2.05) is 6.92 Å². The molecule has 0 aromatic heterocycles. The third-order valence-electron chi connectivity index (χ3n) is 2.68. The van der Waals surface area contributed by atoms with Crippen molar-refractivity contribution in [1.82, 2.24) is 5.32 Å². The zero-order chi connectivity index (χ0) is 14.4. The van der Waals surface area contributed by atoms with Crippen molar-refractivity contribution in [2.24, 2.45) is 5.73 Å². The molecule has 0 radical (unpaired) electrons. The Labute approximate surface area is 112 Å². The molecule has 0 bridgehead atoms. The number of carbonyl (C=O) groups excluding carboxylic acids is 1. The molecule has 0 unspecified atom stereocenters. The van der Waals surface area contributed by atoms with Crippen LogP contribution in [-0.4, -0.2) is 39.8 Å². The van der Waals surface area contributed by atoms with Gasteiger partial charge >= 0.3 is 0 Å². The van der Waals surface area contributed by atoms with Crippen molar-refractivity contribution in [3.05, 3.63) is 17.7 Å². The Bertz CT molecular complexity index is 449. The Balaban J connectivity index is 3.17. The number of rotatable bonds is 6. The minimum atomic E-state index is -0.268. The molecule has 6 heteroatoms. The standard InChI is InChI=1S/C13H20N2O4/c1-8(7-14)15-13(16)9-5-6-10(17-2)12(19-4)11(9)18-3/h5-6,8H,7,14H2,1-4H3,(H,15,16)/t8-/m0/s1. The van der Waals surface area contributed by atoms with Gasteiger partial charge in [0.05, 0.1) is 26.9 Å². The van der Waals surface area contributed by atoms with Gasteiger partial charge in [-0.25, -0.2) is 0 Å². The van der Waals surface area contributed by atoms with Gasteiger partial charge in [-0.2, -0.15) is 0 Å². The van der Waals surface area contributed by atoms with E-state index < -0.39 is 0 Å². The van der Waals surface area contributed by atoms with E-state index >= 15 is 0 Å². The Morgan fingerprint density at radius 1 is 1.21 bits per heavy atom. The van der Waals surface area contributed by atoms with E-state index in [0.29, 0.717) is 29.4 Å². The molecule has 106 valence electrons. The van der Waals surface area contributed by atoms with Crippen molar-refractivity contribution in [1.29, 1.82) is 0 Å². The number of nitrogens with two attached hydrogens (primary N) is 1. The lowest BCUT2D eigenvalue weighted by Crippen LogP contribution is -2.37. The van der Waals surface area contributed by atoms with Crippen molar-refractivity contribution in [2.75, 3.05) is 27.9 Å². The summed E-state index contributed by atoms with van der Waals surface area (Å²) in [7, 11) is 4.48. The van der Waals surface area contributed by atoms with E-state index in [0.717, 1.165) is 0 Å². The molecule has 1 aromatic carbocycles. The highest BCUT2D eigenvalue weighted by molar-refractivity contribution is 5.98. The van der Waals surface area contributed by atoms with Crippen LogP contribution in [0.3, 0.4) is 0 Å². The van der Waals surface area contributed by atoms with Gasteiger partial charge in [0.25, 0.3) is 5.91 Å². The van der Waals surface area contributed by atoms with E-state index in [2.05, 4.69) is 5.32 Å². The predicted molar refractivity (Wildman–Crippen MR) is 72.1 cm³/mol. The Kier molecular flexibility index (Phi) is 5.44. The first kappa shape index (κ1) is 15.1. The van der Waals surface area contributed by atoms with Gasteiger partial charge in [0.1, 0.15) is 0 Å². The maximum atomic E-state index is 12.1. The van der Waals surface area contributed by atoms with Gasteiger partial charge in [0.15, 0.2) is 11.5 Å². The molecule has 0 heterocycles. The molecular formula is C13H20N2O4. The summed E-state index contributed by atoms with van der Waals surface area (Å²) in [5.74, 6) is 0.958. The van der Waals surface area contributed by atoms with Crippen LogP contribution in [0.15, 0.2) is 12.1 Å². The minimum Gasteiger partial charge on any atom is -0.493 e. The van der Waals surface area contributed by atoms with Crippen molar-refractivity contribution in [2.45, 2.75) is 13.0 Å². The van der Waals surface area contributed by atoms with E-state index in [-0.39, 0.29) is 11.9 Å². The number of ether oxygens (including phenoxy) is 3. The molecule has 0 spiro atoms. The zero-order valence-corrected chi connectivity index (χ0v) is 11.6. The largest absolute Gasteiger partial charge is 0.493 e. The minimum absolute atomic E-state index is 0.120. The SMILES string of the molecule is COc1ccc(C(=O)N[C@@H](C)CN)c(OC)c1OC. The van der Waals surface area contributed by atoms with Crippen molar-refractivity contribution < 1.29 is 19.0 Å². The second kappa shape index (κ2) is 6.84. The van der Waals surface area contributed by atoms with Gasteiger partial charge in [-0.05, 0) is 19.1 Å². The first-order valence-corrected chi connectivity index (χ1v) is 5.88. The van der Waals surface area contributed by atoms with Crippen molar-refractivity contribution in [3.8, 4) is 17.2 Å². The molecule has 0 saturated heterocycles. The smallest absolute Gasteiger partial charge is 0.255 e. The fourth-order valence-electron chi connectivity index (χ4n) is 1.64. The fraction of sp³-hybridized carbons (Fsp3) is 0.462. The van der Waals surface area contributed by atoms with Crippen LogP contribution in [0, 0.1) is 0 Å². The number of amides is 1. The first-order valence-electron chi connectivity index (χ1n) is 5.88. The molecule has 1 amide bonds. The van der Waals surface area contributed by atoms with E-state index in [1.54, 1.807) is 12.1 Å². The average Bonchev–Trinajstić information content (AvgIpc) is 2.44. The van der Waals surface area contributed by atoms with Crippen LogP contribution in [-0.2, 0) is 0 Å².